The molecule has 1 aliphatic heterocycles. The molecule has 0 spiro atoms. The monoisotopic (exact) mass is 464 g/mol. The lowest BCUT2D eigenvalue weighted by atomic mass is 9.95. The summed E-state index contributed by atoms with van der Waals surface area (Å²) in [5, 5.41) is 9.93. The van der Waals surface area contributed by atoms with Gasteiger partial charge in [0.15, 0.2) is 0 Å². The predicted molar refractivity (Wildman–Crippen MR) is 121 cm³/mol. The van der Waals surface area contributed by atoms with Crippen molar-refractivity contribution >= 4 is 29.1 Å². The van der Waals surface area contributed by atoms with Gasteiger partial charge in [0, 0.05) is 6.20 Å². The Morgan fingerprint density at radius 2 is 1.91 bits per heavy atom. The third-order valence-electron chi connectivity index (χ3n) is 5.27. The topological polar surface area (TPSA) is 133 Å². The van der Waals surface area contributed by atoms with Gasteiger partial charge in [-0.25, -0.2) is 19.4 Å². The van der Waals surface area contributed by atoms with Crippen LogP contribution in [-0.4, -0.2) is 41.3 Å². The summed E-state index contributed by atoms with van der Waals surface area (Å²) in [7, 11) is 0. The normalized spacial score (nSPS) is 15.8. The zero-order valence-corrected chi connectivity index (χ0v) is 19.0. The maximum Gasteiger partial charge on any atom is 0.340 e. The number of fused-ring (bicyclic) bond motifs is 1. The fraction of sp³-hybridized carbons (Fsp3) is 0.292. The van der Waals surface area contributed by atoms with Gasteiger partial charge >= 0.3 is 18.0 Å². The molecule has 0 radical (unpaired) electrons. The first-order valence-electron chi connectivity index (χ1n) is 10.8. The highest BCUT2D eigenvalue weighted by Gasteiger charge is 2.34. The van der Waals surface area contributed by atoms with Crippen LogP contribution in [0.15, 0.2) is 58.4 Å². The second-order valence-electron chi connectivity index (χ2n) is 7.93. The number of rotatable bonds is 7. The Morgan fingerprint density at radius 3 is 2.62 bits per heavy atom. The molecular formula is C24H24N4O6. The average Bonchev–Trinajstić information content (AvgIpc) is 3.26. The van der Waals surface area contributed by atoms with Gasteiger partial charge in [-0.15, -0.1) is 0 Å². The minimum absolute atomic E-state index is 0.0754. The Bertz CT molecular complexity index is 1260. The summed E-state index contributed by atoms with van der Waals surface area (Å²) in [5.41, 5.74) is 2.19. The molecule has 4 rings (SSSR count). The number of carbonyl (C=O) groups excluding carboxylic acids is 3. The molecule has 0 saturated heterocycles. The van der Waals surface area contributed by atoms with Crippen LogP contribution in [0.25, 0.3) is 11.1 Å². The van der Waals surface area contributed by atoms with E-state index in [1.807, 2.05) is 19.9 Å². The van der Waals surface area contributed by atoms with Crippen LogP contribution in [0.3, 0.4) is 0 Å². The summed E-state index contributed by atoms with van der Waals surface area (Å²) >= 11 is 0. The number of hydrogen-bond donors (Lipinski definition) is 2. The van der Waals surface area contributed by atoms with Crippen molar-refractivity contribution in [2.75, 3.05) is 13.2 Å². The van der Waals surface area contributed by atoms with Crippen LogP contribution in [0.2, 0.25) is 0 Å². The highest BCUT2D eigenvalue weighted by Crippen LogP contribution is 2.28. The lowest BCUT2D eigenvalue weighted by Crippen LogP contribution is -2.47. The molecule has 10 heteroatoms. The molecule has 0 saturated carbocycles. The van der Waals surface area contributed by atoms with E-state index in [2.05, 4.69) is 20.8 Å². The molecule has 1 aromatic carbocycles. The van der Waals surface area contributed by atoms with Gasteiger partial charge in [-0.05, 0) is 24.5 Å². The van der Waals surface area contributed by atoms with Crippen LogP contribution in [0.1, 0.15) is 54.3 Å². The van der Waals surface area contributed by atoms with E-state index in [1.54, 1.807) is 37.3 Å². The molecule has 2 aromatic heterocycles. The Labute approximate surface area is 195 Å². The number of ether oxygens (including phenoxy) is 2. The number of pyridine rings is 1. The number of benzene rings is 1. The molecule has 0 bridgehead atoms. The van der Waals surface area contributed by atoms with E-state index >= 15 is 0 Å². The van der Waals surface area contributed by atoms with Crippen LogP contribution < -0.4 is 10.6 Å². The van der Waals surface area contributed by atoms with E-state index in [0.29, 0.717) is 22.4 Å². The van der Waals surface area contributed by atoms with Crippen molar-refractivity contribution in [3.63, 3.8) is 0 Å². The average molecular weight is 464 g/mol. The fourth-order valence-electron chi connectivity index (χ4n) is 3.68. The highest BCUT2D eigenvalue weighted by molar-refractivity contribution is 5.96. The number of nitrogens with one attached hydrogen (secondary N) is 2. The molecular weight excluding hydrogens is 440 g/mol. The van der Waals surface area contributed by atoms with Gasteiger partial charge in [-0.3, -0.25) is 0 Å². The Kier molecular flexibility index (Phi) is 6.58. The molecule has 2 N–H and O–H groups in total. The summed E-state index contributed by atoms with van der Waals surface area (Å²) in [4.78, 5) is 42.1. The summed E-state index contributed by atoms with van der Waals surface area (Å²) < 4.78 is 15.9. The third-order valence-corrected chi connectivity index (χ3v) is 5.27. The van der Waals surface area contributed by atoms with Crippen molar-refractivity contribution in [3.8, 4) is 0 Å². The van der Waals surface area contributed by atoms with Crippen molar-refractivity contribution in [1.82, 2.24) is 20.8 Å². The van der Waals surface area contributed by atoms with E-state index in [9.17, 15) is 14.4 Å². The van der Waals surface area contributed by atoms with E-state index in [-0.39, 0.29) is 36.0 Å². The van der Waals surface area contributed by atoms with Crippen LogP contribution in [0, 0.1) is 0 Å². The zero-order valence-electron chi connectivity index (χ0n) is 19.0. The lowest BCUT2D eigenvalue weighted by Gasteiger charge is -2.29. The number of amides is 2. The number of esters is 2. The molecule has 3 heterocycles. The largest absolute Gasteiger partial charge is 0.463 e. The molecule has 3 aromatic rings. The zero-order chi connectivity index (χ0) is 24.2. The van der Waals surface area contributed by atoms with E-state index in [4.69, 9.17) is 14.0 Å². The van der Waals surface area contributed by atoms with E-state index in [1.165, 1.54) is 6.20 Å². The molecule has 34 heavy (non-hydrogen) atoms. The number of aromatic nitrogens is 2. The summed E-state index contributed by atoms with van der Waals surface area (Å²) in [6, 6.07) is 9.31. The maximum atomic E-state index is 12.8. The first-order chi connectivity index (χ1) is 16.4. The van der Waals surface area contributed by atoms with Gasteiger partial charge in [-0.2, -0.15) is 0 Å². The molecule has 1 aliphatic rings. The number of hydrogen-bond acceptors (Lipinski definition) is 8. The van der Waals surface area contributed by atoms with Crippen LogP contribution in [0.5, 0.6) is 0 Å². The summed E-state index contributed by atoms with van der Waals surface area (Å²) in [6.07, 6.45) is 1.33. The van der Waals surface area contributed by atoms with Crippen LogP contribution >= 0.6 is 0 Å². The number of nitrogens with zero attached hydrogens (tertiary/aromatic N) is 2. The van der Waals surface area contributed by atoms with Crippen LogP contribution in [0.4, 0.5) is 4.79 Å². The molecule has 0 fully saturated rings. The van der Waals surface area contributed by atoms with Crippen molar-refractivity contribution in [2.24, 2.45) is 0 Å². The minimum atomic E-state index is -0.758. The number of urea groups is 1. The van der Waals surface area contributed by atoms with Gasteiger partial charge in [0.05, 0.1) is 40.6 Å². The van der Waals surface area contributed by atoms with Gasteiger partial charge in [-0.1, -0.05) is 49.3 Å². The lowest BCUT2D eigenvalue weighted by molar-refractivity contribution is -0.139. The van der Waals surface area contributed by atoms with E-state index < -0.39 is 24.0 Å². The Balaban J connectivity index is 1.62. The first-order valence-corrected chi connectivity index (χ1v) is 10.8. The van der Waals surface area contributed by atoms with Crippen molar-refractivity contribution in [3.05, 3.63) is 70.7 Å². The molecule has 0 aliphatic carbocycles. The Hall–Kier alpha value is -4.21. The molecule has 10 nitrogen and oxygen atoms in total. The standard InChI is InChI=1S/C24H24N4O6/c1-4-32-23(30)18-17(26-24(31)27-20(18)14-8-6-5-7-9-14)12-33-22(29)15-10-16-19(13(2)3)28-34-21(16)25-11-15/h5-11,13,20H,4,12H2,1-3H3,(H2,26,27,31). The van der Waals surface area contributed by atoms with E-state index in [0.717, 1.165) is 0 Å². The van der Waals surface area contributed by atoms with Gasteiger partial charge in [0.2, 0.25) is 0 Å². The van der Waals surface area contributed by atoms with Crippen LogP contribution in [-0.2, 0) is 14.3 Å². The summed E-state index contributed by atoms with van der Waals surface area (Å²) in [6.45, 7) is 5.39. The first kappa shape index (κ1) is 23.0. The molecule has 2 amide bonds. The minimum Gasteiger partial charge on any atom is -0.463 e. The van der Waals surface area contributed by atoms with Crippen molar-refractivity contribution < 1.29 is 28.4 Å². The van der Waals surface area contributed by atoms with Crippen molar-refractivity contribution in [1.29, 1.82) is 0 Å². The number of carbonyl (C=O) groups is 3. The SMILES string of the molecule is CCOC(=O)C1=C(COC(=O)c2cnc3onc(C(C)C)c3c2)NC(=O)NC1c1ccccc1. The molecule has 1 atom stereocenters. The second kappa shape index (κ2) is 9.74. The Morgan fingerprint density at radius 1 is 1.15 bits per heavy atom. The van der Waals surface area contributed by atoms with Gasteiger partial charge in [0.25, 0.3) is 5.71 Å². The fourth-order valence-corrected chi connectivity index (χ4v) is 3.68. The predicted octanol–water partition coefficient (Wildman–Crippen LogP) is 3.37. The molecule has 176 valence electrons. The van der Waals surface area contributed by atoms with Crippen molar-refractivity contribution in [2.45, 2.75) is 32.7 Å². The van der Waals surface area contributed by atoms with Gasteiger partial charge < -0.3 is 24.6 Å². The second-order valence-corrected chi connectivity index (χ2v) is 7.93. The van der Waals surface area contributed by atoms with Gasteiger partial charge in [0.1, 0.15) is 6.61 Å². The highest BCUT2D eigenvalue weighted by atomic mass is 16.5. The summed E-state index contributed by atoms with van der Waals surface area (Å²) in [5.74, 6) is -1.22. The maximum absolute atomic E-state index is 12.8. The quantitative estimate of drug-likeness (QED) is 0.509. The smallest absolute Gasteiger partial charge is 0.340 e. The third kappa shape index (κ3) is 4.61. The molecule has 1 unspecified atom stereocenters.